The van der Waals surface area contributed by atoms with Gasteiger partial charge in [0.25, 0.3) is 0 Å². The normalized spacial score (nSPS) is 10.3. The summed E-state index contributed by atoms with van der Waals surface area (Å²) in [6.45, 7) is 3.26. The largest absolute Gasteiger partial charge is 0.309 e. The third-order valence-corrected chi connectivity index (χ3v) is 0.865. The second kappa shape index (κ2) is 4.13. The molecule has 1 nitrogen and oxygen atoms in total. The molecule has 1 heteroatoms. The molecule has 0 bridgehead atoms. The summed E-state index contributed by atoms with van der Waals surface area (Å²) < 4.78 is 0. The summed E-state index contributed by atoms with van der Waals surface area (Å²) in [5, 5.41) is 0. The first-order chi connectivity index (χ1) is 3.27. The molecule has 0 saturated heterocycles. The van der Waals surface area contributed by atoms with Crippen LogP contribution in [0, 0.1) is 6.42 Å². The number of hydrogen-bond donors (Lipinski definition) is 0. The minimum Gasteiger partial charge on any atom is -0.309 e. The minimum absolute atomic E-state index is 1.18. The number of hydrogen-bond acceptors (Lipinski definition) is 1. The Labute approximate surface area is 46.3 Å². The zero-order valence-corrected chi connectivity index (χ0v) is 5.44. The van der Waals surface area contributed by atoms with Gasteiger partial charge in [-0.2, -0.15) is 0 Å². The van der Waals surface area contributed by atoms with E-state index in [0.29, 0.717) is 0 Å². The van der Waals surface area contributed by atoms with Crippen molar-refractivity contribution in [2.24, 2.45) is 0 Å². The molecule has 0 aliphatic heterocycles. The lowest BCUT2D eigenvalue weighted by molar-refractivity contribution is 0.412. The van der Waals surface area contributed by atoms with E-state index >= 15 is 0 Å². The lowest BCUT2D eigenvalue weighted by Gasteiger charge is -2.05. The SMILES string of the molecule is C[CH]CCN(C)C. The van der Waals surface area contributed by atoms with Crippen LogP contribution in [0.3, 0.4) is 0 Å². The van der Waals surface area contributed by atoms with Gasteiger partial charge in [0.2, 0.25) is 0 Å². The van der Waals surface area contributed by atoms with Crippen molar-refractivity contribution in [3.8, 4) is 0 Å². The van der Waals surface area contributed by atoms with E-state index in [4.69, 9.17) is 0 Å². The van der Waals surface area contributed by atoms with E-state index in [-0.39, 0.29) is 0 Å². The number of nitrogens with zero attached hydrogens (tertiary/aromatic N) is 1. The summed E-state index contributed by atoms with van der Waals surface area (Å²) in [5.74, 6) is 0. The van der Waals surface area contributed by atoms with Gasteiger partial charge in [0, 0.05) is 0 Å². The van der Waals surface area contributed by atoms with E-state index in [1.165, 1.54) is 13.0 Å². The fourth-order valence-electron chi connectivity index (χ4n) is 0.387. The van der Waals surface area contributed by atoms with Gasteiger partial charge >= 0.3 is 0 Å². The third-order valence-electron chi connectivity index (χ3n) is 0.865. The molecule has 1 radical (unpaired) electrons. The Bertz CT molecular complexity index is 33.2. The summed E-state index contributed by atoms with van der Waals surface area (Å²) in [7, 11) is 4.17. The lowest BCUT2D eigenvalue weighted by Crippen LogP contribution is -2.12. The molecule has 0 aromatic rings. The fourth-order valence-corrected chi connectivity index (χ4v) is 0.387. The molecule has 0 aliphatic rings. The van der Waals surface area contributed by atoms with E-state index < -0.39 is 0 Å². The van der Waals surface area contributed by atoms with Gasteiger partial charge in [-0.3, -0.25) is 0 Å². The van der Waals surface area contributed by atoms with Crippen LogP contribution in [0.15, 0.2) is 0 Å². The predicted molar refractivity (Wildman–Crippen MR) is 33.1 cm³/mol. The molecule has 0 unspecified atom stereocenters. The van der Waals surface area contributed by atoms with Crippen molar-refractivity contribution in [3.63, 3.8) is 0 Å². The van der Waals surface area contributed by atoms with Crippen LogP contribution in [0.25, 0.3) is 0 Å². The number of rotatable bonds is 3. The Morgan fingerprint density at radius 2 is 2.00 bits per heavy atom. The molecular formula is C6H14N. The predicted octanol–water partition coefficient (Wildman–Crippen LogP) is 1.16. The molecule has 43 valence electrons. The second-order valence-corrected chi connectivity index (χ2v) is 2.00. The summed E-state index contributed by atoms with van der Waals surface area (Å²) in [6, 6.07) is 0. The molecule has 0 fully saturated rings. The van der Waals surface area contributed by atoms with Crippen LogP contribution in [0.4, 0.5) is 0 Å². The summed E-state index contributed by atoms with van der Waals surface area (Å²) in [6.07, 6.45) is 3.38. The van der Waals surface area contributed by atoms with Crippen molar-refractivity contribution < 1.29 is 0 Å². The maximum atomic E-state index is 2.18. The molecule has 0 spiro atoms. The van der Waals surface area contributed by atoms with E-state index in [9.17, 15) is 0 Å². The monoisotopic (exact) mass is 100 g/mol. The highest BCUT2D eigenvalue weighted by atomic mass is 15.0. The van der Waals surface area contributed by atoms with Gasteiger partial charge in [-0.05, 0) is 33.5 Å². The average Bonchev–Trinajstić information content (AvgIpc) is 1.61. The summed E-state index contributed by atoms with van der Waals surface area (Å²) >= 11 is 0. The average molecular weight is 100 g/mol. The smallest absolute Gasteiger partial charge is 0.00222 e. The van der Waals surface area contributed by atoms with Gasteiger partial charge in [-0.15, -0.1) is 0 Å². The van der Waals surface area contributed by atoms with Crippen LogP contribution >= 0.6 is 0 Å². The minimum atomic E-state index is 1.18. The topological polar surface area (TPSA) is 3.24 Å². The van der Waals surface area contributed by atoms with Crippen molar-refractivity contribution in [2.75, 3.05) is 20.6 Å². The summed E-state index contributed by atoms with van der Waals surface area (Å²) in [4.78, 5) is 2.18. The first-order valence-electron chi connectivity index (χ1n) is 2.70. The highest BCUT2D eigenvalue weighted by Crippen LogP contribution is 1.84. The molecule has 7 heavy (non-hydrogen) atoms. The van der Waals surface area contributed by atoms with Gasteiger partial charge in [0.05, 0.1) is 0 Å². The van der Waals surface area contributed by atoms with Crippen molar-refractivity contribution in [2.45, 2.75) is 13.3 Å². The first kappa shape index (κ1) is 6.96. The molecule has 0 saturated carbocycles. The molecule has 0 aliphatic carbocycles. The maximum absolute atomic E-state index is 2.18. The van der Waals surface area contributed by atoms with Crippen LogP contribution < -0.4 is 0 Å². The summed E-state index contributed by atoms with van der Waals surface area (Å²) in [5.41, 5.74) is 0. The van der Waals surface area contributed by atoms with Crippen LogP contribution in [-0.4, -0.2) is 25.5 Å². The molecule has 0 amide bonds. The molecular weight excluding hydrogens is 86.1 g/mol. The molecule has 0 N–H and O–H groups in total. The maximum Gasteiger partial charge on any atom is -0.00222 e. The van der Waals surface area contributed by atoms with Gasteiger partial charge in [0.15, 0.2) is 0 Å². The van der Waals surface area contributed by atoms with Gasteiger partial charge < -0.3 is 4.90 Å². The fraction of sp³-hybridized carbons (Fsp3) is 0.833. The second-order valence-electron chi connectivity index (χ2n) is 2.00. The molecule has 0 aromatic carbocycles. The van der Waals surface area contributed by atoms with Gasteiger partial charge in [-0.25, -0.2) is 0 Å². The van der Waals surface area contributed by atoms with Crippen LogP contribution in [-0.2, 0) is 0 Å². The van der Waals surface area contributed by atoms with Crippen LogP contribution in [0.2, 0.25) is 0 Å². The van der Waals surface area contributed by atoms with Crippen molar-refractivity contribution in [1.29, 1.82) is 0 Å². The highest BCUT2D eigenvalue weighted by molar-refractivity contribution is 4.56. The Balaban J connectivity index is 2.68. The van der Waals surface area contributed by atoms with E-state index in [1.54, 1.807) is 0 Å². The van der Waals surface area contributed by atoms with E-state index in [2.05, 4.69) is 32.3 Å². The van der Waals surface area contributed by atoms with E-state index in [1.807, 2.05) is 0 Å². The molecule has 0 heterocycles. The molecule has 0 rings (SSSR count). The first-order valence-corrected chi connectivity index (χ1v) is 2.70. The van der Waals surface area contributed by atoms with Crippen LogP contribution in [0.5, 0.6) is 0 Å². The highest BCUT2D eigenvalue weighted by Gasteiger charge is 1.84. The van der Waals surface area contributed by atoms with Crippen molar-refractivity contribution in [3.05, 3.63) is 6.42 Å². The number of unbranched alkanes of at least 4 members (excludes halogenated alkanes) is 1. The standard InChI is InChI=1S/C6H14N/c1-4-5-6-7(2)3/h4H,5-6H2,1-3H3. The zero-order chi connectivity index (χ0) is 5.70. The zero-order valence-electron chi connectivity index (χ0n) is 5.44. The Morgan fingerprint density at radius 3 is 2.14 bits per heavy atom. The third kappa shape index (κ3) is 5.96. The Morgan fingerprint density at radius 1 is 1.43 bits per heavy atom. The quantitative estimate of drug-likeness (QED) is 0.514. The van der Waals surface area contributed by atoms with Crippen LogP contribution in [0.1, 0.15) is 13.3 Å². The van der Waals surface area contributed by atoms with E-state index in [0.717, 1.165) is 0 Å². The Kier molecular flexibility index (Phi) is 4.10. The lowest BCUT2D eigenvalue weighted by atomic mass is 10.3. The molecule has 0 aromatic heterocycles. The van der Waals surface area contributed by atoms with Gasteiger partial charge in [0.1, 0.15) is 0 Å². The van der Waals surface area contributed by atoms with Crippen molar-refractivity contribution in [1.82, 2.24) is 4.90 Å². The molecule has 0 atom stereocenters. The Hall–Kier alpha value is -0.0400. The van der Waals surface area contributed by atoms with Gasteiger partial charge in [-0.1, -0.05) is 6.92 Å². The van der Waals surface area contributed by atoms with Crippen molar-refractivity contribution >= 4 is 0 Å².